The summed E-state index contributed by atoms with van der Waals surface area (Å²) in [7, 11) is 0. The average Bonchev–Trinajstić information content (AvgIpc) is 3.20. The van der Waals surface area contributed by atoms with E-state index in [1.807, 2.05) is 71.6 Å². The van der Waals surface area contributed by atoms with Gasteiger partial charge < -0.3 is 15.5 Å². The molecule has 2 N–H and O–H groups in total. The smallest absolute Gasteiger partial charge is 0.266 e. The lowest BCUT2D eigenvalue weighted by molar-refractivity contribution is 0.0752. The third-order valence-corrected chi connectivity index (χ3v) is 7.17. The van der Waals surface area contributed by atoms with Crippen LogP contribution < -0.4 is 10.6 Å². The Morgan fingerprint density at radius 1 is 0.909 bits per heavy atom. The molecular formula is C26H24N4O2S. The number of pyridine rings is 1. The minimum Gasteiger partial charge on any atom is -0.397 e. The molecular weight excluding hydrogens is 432 g/mol. The van der Waals surface area contributed by atoms with Crippen molar-refractivity contribution in [3.63, 3.8) is 0 Å². The number of carbonyl (C=O) groups is 2. The number of nitrogens with zero attached hydrogens (tertiary/aromatic N) is 3. The zero-order valence-corrected chi connectivity index (χ0v) is 19.1. The van der Waals surface area contributed by atoms with E-state index in [-0.39, 0.29) is 11.7 Å². The highest BCUT2D eigenvalue weighted by Crippen LogP contribution is 2.35. The first kappa shape index (κ1) is 21.2. The van der Waals surface area contributed by atoms with Gasteiger partial charge >= 0.3 is 0 Å². The summed E-state index contributed by atoms with van der Waals surface area (Å²) < 4.78 is 0. The second-order valence-electron chi connectivity index (χ2n) is 8.14. The van der Waals surface area contributed by atoms with E-state index >= 15 is 0 Å². The van der Waals surface area contributed by atoms with Crippen molar-refractivity contribution in [3.05, 3.63) is 77.2 Å². The summed E-state index contributed by atoms with van der Waals surface area (Å²) in [5, 5.41) is 0.826. The zero-order valence-electron chi connectivity index (χ0n) is 18.3. The zero-order chi connectivity index (χ0) is 22.9. The summed E-state index contributed by atoms with van der Waals surface area (Å²) >= 11 is 1.36. The van der Waals surface area contributed by atoms with Crippen LogP contribution in [0, 0.1) is 0 Å². The van der Waals surface area contributed by atoms with Crippen molar-refractivity contribution in [1.29, 1.82) is 0 Å². The number of amides is 1. The molecule has 2 aromatic heterocycles. The van der Waals surface area contributed by atoms with Gasteiger partial charge in [0.15, 0.2) is 5.78 Å². The van der Waals surface area contributed by atoms with Crippen LogP contribution in [-0.2, 0) is 0 Å². The maximum atomic E-state index is 13.3. The maximum absolute atomic E-state index is 13.3. The van der Waals surface area contributed by atoms with Crippen LogP contribution >= 0.6 is 11.3 Å². The summed E-state index contributed by atoms with van der Waals surface area (Å²) in [4.78, 5) is 35.0. The molecule has 0 saturated carbocycles. The molecule has 5 rings (SSSR count). The van der Waals surface area contributed by atoms with Crippen molar-refractivity contribution >= 4 is 44.6 Å². The number of hydrogen-bond donors (Lipinski definition) is 1. The summed E-state index contributed by atoms with van der Waals surface area (Å²) in [5.74, 6) is 0.0200. The number of fused-ring (bicyclic) bond motifs is 1. The van der Waals surface area contributed by atoms with Crippen molar-refractivity contribution in [3.8, 4) is 11.3 Å². The van der Waals surface area contributed by atoms with Gasteiger partial charge in [-0.05, 0) is 43.3 Å². The third kappa shape index (κ3) is 4.07. The normalized spacial score (nSPS) is 14.0. The Morgan fingerprint density at radius 2 is 1.61 bits per heavy atom. The van der Waals surface area contributed by atoms with E-state index in [1.165, 1.54) is 11.3 Å². The molecule has 0 aliphatic carbocycles. The summed E-state index contributed by atoms with van der Waals surface area (Å²) in [6.07, 6.45) is 0. The van der Waals surface area contributed by atoms with E-state index in [0.717, 1.165) is 40.3 Å². The predicted molar refractivity (Wildman–Crippen MR) is 134 cm³/mol. The number of nitrogen functional groups attached to an aromatic ring is 1. The lowest BCUT2D eigenvalue weighted by Crippen LogP contribution is -2.48. The monoisotopic (exact) mass is 456 g/mol. The molecule has 0 unspecified atom stereocenters. The Kier molecular flexibility index (Phi) is 5.56. The summed E-state index contributed by atoms with van der Waals surface area (Å²) in [6.45, 7) is 4.25. The molecule has 1 fully saturated rings. The van der Waals surface area contributed by atoms with Crippen LogP contribution in [0.1, 0.15) is 27.0 Å². The minimum absolute atomic E-state index is 0.0386. The van der Waals surface area contributed by atoms with E-state index in [9.17, 15) is 9.59 Å². The first-order valence-corrected chi connectivity index (χ1v) is 11.7. The molecule has 1 aliphatic heterocycles. The van der Waals surface area contributed by atoms with E-state index < -0.39 is 0 Å². The molecule has 1 aliphatic rings. The van der Waals surface area contributed by atoms with Crippen LogP contribution in [0.5, 0.6) is 0 Å². The Labute approximate surface area is 196 Å². The number of benzene rings is 2. The van der Waals surface area contributed by atoms with Crippen molar-refractivity contribution < 1.29 is 9.59 Å². The van der Waals surface area contributed by atoms with Gasteiger partial charge in [-0.2, -0.15) is 0 Å². The Bertz CT molecular complexity index is 1320. The van der Waals surface area contributed by atoms with Crippen LogP contribution in [0.2, 0.25) is 0 Å². The van der Waals surface area contributed by atoms with Gasteiger partial charge in [0.1, 0.15) is 9.71 Å². The van der Waals surface area contributed by atoms with Gasteiger partial charge in [-0.25, -0.2) is 4.98 Å². The van der Waals surface area contributed by atoms with Gasteiger partial charge in [-0.3, -0.25) is 9.59 Å². The first-order chi connectivity index (χ1) is 16.0. The van der Waals surface area contributed by atoms with Gasteiger partial charge in [0.2, 0.25) is 0 Å². The topological polar surface area (TPSA) is 79.5 Å². The molecule has 7 heteroatoms. The van der Waals surface area contributed by atoms with Crippen LogP contribution in [-0.4, -0.2) is 47.8 Å². The quantitative estimate of drug-likeness (QED) is 0.450. The fourth-order valence-electron chi connectivity index (χ4n) is 4.14. The van der Waals surface area contributed by atoms with Gasteiger partial charge in [0, 0.05) is 48.4 Å². The molecule has 0 atom stereocenters. The molecule has 0 bridgehead atoms. The standard InChI is InChI=1S/C26H24N4O2S/c1-17(31)18-7-9-20(10-8-18)29-13-15-30(16-14-29)26(32)24-23(27)21-11-12-22(28-25(21)33-24)19-5-3-2-4-6-19/h2-12H,13-16,27H2,1H3. The molecule has 6 nitrogen and oxygen atoms in total. The number of thiophene rings is 1. The number of piperazine rings is 1. The van der Waals surface area contributed by atoms with E-state index in [1.54, 1.807) is 6.92 Å². The number of hydrogen-bond acceptors (Lipinski definition) is 6. The highest BCUT2D eigenvalue weighted by atomic mass is 32.1. The van der Waals surface area contributed by atoms with Crippen molar-refractivity contribution in [1.82, 2.24) is 9.88 Å². The number of carbonyl (C=O) groups excluding carboxylic acids is 2. The lowest BCUT2D eigenvalue weighted by atomic mass is 10.1. The largest absolute Gasteiger partial charge is 0.397 e. The maximum Gasteiger partial charge on any atom is 0.266 e. The number of anilines is 2. The lowest BCUT2D eigenvalue weighted by Gasteiger charge is -2.36. The fourth-order valence-corrected chi connectivity index (χ4v) is 5.21. The predicted octanol–water partition coefficient (Wildman–Crippen LogP) is 4.71. The molecule has 0 radical (unpaired) electrons. The molecule has 4 aromatic rings. The molecule has 2 aromatic carbocycles. The van der Waals surface area contributed by atoms with Gasteiger partial charge in [-0.1, -0.05) is 30.3 Å². The fraction of sp³-hybridized carbons (Fsp3) is 0.192. The number of Topliss-reactive ketones (excluding diaryl/α,β-unsaturated/α-hetero) is 1. The van der Waals surface area contributed by atoms with Crippen LogP contribution in [0.25, 0.3) is 21.5 Å². The van der Waals surface area contributed by atoms with Crippen LogP contribution in [0.3, 0.4) is 0 Å². The first-order valence-electron chi connectivity index (χ1n) is 10.9. The number of rotatable bonds is 4. The summed E-state index contributed by atoms with van der Waals surface area (Å²) in [6, 6.07) is 21.5. The Morgan fingerprint density at radius 3 is 2.27 bits per heavy atom. The molecule has 1 amide bonds. The third-order valence-electron chi connectivity index (χ3n) is 6.06. The Balaban J connectivity index is 1.32. The van der Waals surface area contributed by atoms with Crippen LogP contribution in [0.15, 0.2) is 66.7 Å². The molecule has 166 valence electrons. The van der Waals surface area contributed by atoms with Crippen molar-refractivity contribution in [2.24, 2.45) is 0 Å². The molecule has 0 spiro atoms. The van der Waals surface area contributed by atoms with Crippen molar-refractivity contribution in [2.75, 3.05) is 36.8 Å². The van der Waals surface area contributed by atoms with Gasteiger partial charge in [0.05, 0.1) is 11.4 Å². The van der Waals surface area contributed by atoms with E-state index in [4.69, 9.17) is 10.7 Å². The number of ketones is 1. The highest BCUT2D eigenvalue weighted by molar-refractivity contribution is 7.21. The minimum atomic E-state index is -0.0386. The average molecular weight is 457 g/mol. The number of nitrogens with two attached hydrogens (primary N) is 1. The SMILES string of the molecule is CC(=O)c1ccc(N2CCN(C(=O)c3sc4nc(-c5ccccc5)ccc4c3N)CC2)cc1. The van der Waals surface area contributed by atoms with E-state index in [2.05, 4.69) is 4.90 Å². The van der Waals surface area contributed by atoms with Gasteiger partial charge in [-0.15, -0.1) is 11.3 Å². The Hall–Kier alpha value is -3.71. The van der Waals surface area contributed by atoms with Crippen molar-refractivity contribution in [2.45, 2.75) is 6.92 Å². The number of aromatic nitrogens is 1. The molecule has 3 heterocycles. The van der Waals surface area contributed by atoms with E-state index in [0.29, 0.717) is 29.2 Å². The second-order valence-corrected chi connectivity index (χ2v) is 9.14. The molecule has 1 saturated heterocycles. The second kappa shape index (κ2) is 8.67. The van der Waals surface area contributed by atoms with Gasteiger partial charge in [0.25, 0.3) is 5.91 Å². The summed E-state index contributed by atoms with van der Waals surface area (Å²) in [5.41, 5.74) is 10.6. The van der Waals surface area contributed by atoms with Crippen LogP contribution in [0.4, 0.5) is 11.4 Å². The molecule has 33 heavy (non-hydrogen) atoms. The highest BCUT2D eigenvalue weighted by Gasteiger charge is 2.26.